The lowest BCUT2D eigenvalue weighted by atomic mass is 10.2. The predicted octanol–water partition coefficient (Wildman–Crippen LogP) is 2.28. The highest BCUT2D eigenvalue weighted by Crippen LogP contribution is 2.16. The Balaban J connectivity index is 2.18. The normalized spacial score (nSPS) is 10.1. The third-order valence-corrected chi connectivity index (χ3v) is 2.18. The number of anilines is 1. The molecule has 1 amide bonds. The van der Waals surface area contributed by atoms with Crippen molar-refractivity contribution in [3.8, 4) is 0 Å². The van der Waals surface area contributed by atoms with Crippen molar-refractivity contribution < 1.29 is 9.32 Å². The minimum Gasteiger partial charge on any atom is -0.338 e. The highest BCUT2D eigenvalue weighted by Gasteiger charge is 2.12. The second-order valence-electron chi connectivity index (χ2n) is 3.14. The van der Waals surface area contributed by atoms with Crippen LogP contribution in [0.25, 0.3) is 0 Å². The van der Waals surface area contributed by atoms with Crippen molar-refractivity contribution in [1.82, 2.24) is 10.1 Å². The molecule has 2 heterocycles. The maximum atomic E-state index is 11.7. The highest BCUT2D eigenvalue weighted by molar-refractivity contribution is 6.34. The molecule has 0 spiro atoms. The minimum absolute atomic E-state index is 0.287. The van der Waals surface area contributed by atoms with Crippen LogP contribution in [-0.2, 0) is 0 Å². The largest absolute Gasteiger partial charge is 0.338 e. The molecule has 16 heavy (non-hydrogen) atoms. The predicted molar refractivity (Wildman–Crippen MR) is 58.4 cm³/mol. The van der Waals surface area contributed by atoms with Gasteiger partial charge in [0.05, 0.1) is 16.3 Å². The molecule has 2 aromatic rings. The van der Waals surface area contributed by atoms with Crippen molar-refractivity contribution in [3.05, 3.63) is 40.8 Å². The fourth-order valence-electron chi connectivity index (χ4n) is 1.16. The standard InChI is InChI=1S/C10H8ClN3O2/c1-6-4-9(16-14-6)13-10(15)7-2-3-12-5-8(7)11/h2-5H,1H3,(H,13,15). The minimum atomic E-state index is -0.358. The van der Waals surface area contributed by atoms with Gasteiger partial charge < -0.3 is 4.52 Å². The van der Waals surface area contributed by atoms with Gasteiger partial charge in [-0.15, -0.1) is 0 Å². The summed E-state index contributed by atoms with van der Waals surface area (Å²) in [5, 5.41) is 6.48. The summed E-state index contributed by atoms with van der Waals surface area (Å²) >= 11 is 5.82. The maximum absolute atomic E-state index is 11.7. The van der Waals surface area contributed by atoms with E-state index in [-0.39, 0.29) is 16.8 Å². The molecule has 0 aliphatic carbocycles. The van der Waals surface area contributed by atoms with Crippen LogP contribution in [0.1, 0.15) is 16.1 Å². The Morgan fingerprint density at radius 3 is 3.00 bits per heavy atom. The third-order valence-electron chi connectivity index (χ3n) is 1.88. The van der Waals surface area contributed by atoms with Crippen molar-refractivity contribution in [3.63, 3.8) is 0 Å². The van der Waals surface area contributed by atoms with E-state index in [0.29, 0.717) is 11.3 Å². The van der Waals surface area contributed by atoms with Gasteiger partial charge >= 0.3 is 0 Å². The van der Waals surface area contributed by atoms with E-state index >= 15 is 0 Å². The van der Waals surface area contributed by atoms with Crippen molar-refractivity contribution in [2.24, 2.45) is 0 Å². The monoisotopic (exact) mass is 237 g/mol. The Kier molecular flexibility index (Phi) is 2.87. The molecular formula is C10H8ClN3O2. The van der Waals surface area contributed by atoms with Crippen LogP contribution in [0.3, 0.4) is 0 Å². The van der Waals surface area contributed by atoms with Crippen LogP contribution in [-0.4, -0.2) is 16.0 Å². The van der Waals surface area contributed by atoms with Crippen LogP contribution in [0.2, 0.25) is 5.02 Å². The average Bonchev–Trinajstić information content (AvgIpc) is 2.64. The number of nitrogens with zero attached hydrogens (tertiary/aromatic N) is 2. The van der Waals surface area contributed by atoms with Gasteiger partial charge in [0.1, 0.15) is 0 Å². The number of halogens is 1. The quantitative estimate of drug-likeness (QED) is 0.870. The number of pyridine rings is 1. The van der Waals surface area contributed by atoms with Gasteiger partial charge in [0, 0.05) is 18.5 Å². The summed E-state index contributed by atoms with van der Waals surface area (Å²) < 4.78 is 4.86. The zero-order valence-electron chi connectivity index (χ0n) is 8.40. The van der Waals surface area contributed by atoms with Gasteiger partial charge in [0.25, 0.3) is 5.91 Å². The summed E-state index contributed by atoms with van der Waals surface area (Å²) in [6, 6.07) is 3.15. The van der Waals surface area contributed by atoms with E-state index in [2.05, 4.69) is 15.5 Å². The van der Waals surface area contributed by atoms with E-state index in [1.165, 1.54) is 18.5 Å². The van der Waals surface area contributed by atoms with Gasteiger partial charge in [-0.2, -0.15) is 0 Å². The van der Waals surface area contributed by atoms with Crippen molar-refractivity contribution in [1.29, 1.82) is 0 Å². The fraction of sp³-hybridized carbons (Fsp3) is 0.100. The van der Waals surface area contributed by atoms with Gasteiger partial charge in [0.2, 0.25) is 5.88 Å². The van der Waals surface area contributed by atoms with Crippen LogP contribution in [0, 0.1) is 6.92 Å². The number of hydrogen-bond acceptors (Lipinski definition) is 4. The fourth-order valence-corrected chi connectivity index (χ4v) is 1.37. The molecule has 1 N–H and O–H groups in total. The number of hydrogen-bond donors (Lipinski definition) is 1. The molecule has 0 aliphatic heterocycles. The van der Waals surface area contributed by atoms with Gasteiger partial charge in [-0.1, -0.05) is 16.8 Å². The Bertz CT molecular complexity index is 524. The smallest absolute Gasteiger partial charge is 0.259 e. The van der Waals surface area contributed by atoms with Gasteiger partial charge in [0.15, 0.2) is 0 Å². The zero-order chi connectivity index (χ0) is 11.5. The molecule has 0 fully saturated rings. The maximum Gasteiger partial charge on any atom is 0.259 e. The first-order valence-electron chi connectivity index (χ1n) is 4.51. The molecule has 2 rings (SSSR count). The van der Waals surface area contributed by atoms with Crippen LogP contribution in [0.5, 0.6) is 0 Å². The first kappa shape index (κ1) is 10.6. The number of aryl methyl sites for hydroxylation is 1. The summed E-state index contributed by atoms with van der Waals surface area (Å²) in [6.45, 7) is 1.76. The third kappa shape index (κ3) is 2.20. The zero-order valence-corrected chi connectivity index (χ0v) is 9.15. The second kappa shape index (κ2) is 4.32. The van der Waals surface area contributed by atoms with E-state index in [1.54, 1.807) is 13.0 Å². The summed E-state index contributed by atoms with van der Waals surface area (Å²) in [5.41, 5.74) is 1.03. The average molecular weight is 238 g/mol. The van der Waals surface area contributed by atoms with Crippen molar-refractivity contribution in [2.45, 2.75) is 6.92 Å². The molecular weight excluding hydrogens is 230 g/mol. The molecule has 0 unspecified atom stereocenters. The van der Waals surface area contributed by atoms with Crippen molar-refractivity contribution >= 4 is 23.4 Å². The lowest BCUT2D eigenvalue weighted by Gasteiger charge is -2.01. The molecule has 2 aromatic heterocycles. The number of aromatic nitrogens is 2. The van der Waals surface area contributed by atoms with Gasteiger partial charge in [-0.25, -0.2) is 0 Å². The van der Waals surface area contributed by atoms with Crippen LogP contribution >= 0.6 is 11.6 Å². The summed E-state index contributed by atoms with van der Waals surface area (Å²) in [6.07, 6.45) is 2.90. The van der Waals surface area contributed by atoms with E-state index in [0.717, 1.165) is 0 Å². The van der Waals surface area contributed by atoms with Gasteiger partial charge in [-0.05, 0) is 13.0 Å². The Morgan fingerprint density at radius 2 is 2.38 bits per heavy atom. The van der Waals surface area contributed by atoms with E-state index in [4.69, 9.17) is 16.1 Å². The van der Waals surface area contributed by atoms with Gasteiger partial charge in [-0.3, -0.25) is 15.1 Å². The summed E-state index contributed by atoms with van der Waals surface area (Å²) in [7, 11) is 0. The number of carbonyl (C=O) groups is 1. The molecule has 0 atom stereocenters. The summed E-state index contributed by atoms with van der Waals surface area (Å²) in [4.78, 5) is 15.5. The van der Waals surface area contributed by atoms with Crippen LogP contribution < -0.4 is 5.32 Å². The molecule has 0 aliphatic rings. The molecule has 0 aromatic carbocycles. The first-order valence-corrected chi connectivity index (χ1v) is 4.89. The lowest BCUT2D eigenvalue weighted by Crippen LogP contribution is -2.11. The number of nitrogens with one attached hydrogen (secondary N) is 1. The number of rotatable bonds is 2. The number of amides is 1. The Labute approximate surface area is 96.4 Å². The van der Waals surface area contributed by atoms with Crippen LogP contribution in [0.15, 0.2) is 29.0 Å². The molecule has 0 bridgehead atoms. The summed E-state index contributed by atoms with van der Waals surface area (Å²) in [5.74, 6) is -0.0704. The van der Waals surface area contributed by atoms with Crippen molar-refractivity contribution in [2.75, 3.05) is 5.32 Å². The topological polar surface area (TPSA) is 68.0 Å². The SMILES string of the molecule is Cc1cc(NC(=O)c2ccncc2Cl)on1. The first-order chi connectivity index (χ1) is 7.66. The molecule has 0 saturated carbocycles. The number of carbonyl (C=O) groups excluding carboxylic acids is 1. The second-order valence-corrected chi connectivity index (χ2v) is 3.55. The molecule has 82 valence electrons. The molecule has 5 nitrogen and oxygen atoms in total. The lowest BCUT2D eigenvalue weighted by molar-refractivity contribution is 0.102. The van der Waals surface area contributed by atoms with E-state index < -0.39 is 0 Å². The molecule has 0 radical (unpaired) electrons. The Hall–Kier alpha value is -1.88. The molecule has 0 saturated heterocycles. The Morgan fingerprint density at radius 1 is 1.56 bits per heavy atom. The van der Waals surface area contributed by atoms with Crippen LogP contribution in [0.4, 0.5) is 5.88 Å². The van der Waals surface area contributed by atoms with E-state index in [1.807, 2.05) is 0 Å². The highest BCUT2D eigenvalue weighted by atomic mass is 35.5. The molecule has 6 heteroatoms. The van der Waals surface area contributed by atoms with E-state index in [9.17, 15) is 4.79 Å².